The Hall–Kier alpha value is -0.150. The Morgan fingerprint density at radius 2 is 2.00 bits per heavy atom. The van der Waals surface area contributed by atoms with Crippen molar-refractivity contribution in [3.8, 4) is 0 Å². The normalized spacial score (nSPS) is 15.5. The van der Waals surface area contributed by atoms with E-state index in [0.29, 0.717) is 0 Å². The molecule has 0 spiro atoms. The molecule has 0 fully saturated rings. The smallest absolute Gasteiger partial charge is 0.316 e. The maximum atomic E-state index is 10.6. The number of hydrogen-bond donors (Lipinski definition) is 1. The SMILES string of the molecule is O=P(O)(Br)OCc1ccccc1. The lowest BCUT2D eigenvalue weighted by atomic mass is 10.2. The van der Waals surface area contributed by atoms with Crippen molar-refractivity contribution in [1.29, 1.82) is 0 Å². The van der Waals surface area contributed by atoms with Gasteiger partial charge in [0.05, 0.1) is 6.61 Å². The minimum atomic E-state index is -3.52. The topological polar surface area (TPSA) is 46.5 Å². The Labute approximate surface area is 78.6 Å². The van der Waals surface area contributed by atoms with Gasteiger partial charge in [-0.2, -0.15) is 0 Å². The molecule has 0 saturated carbocycles. The van der Waals surface area contributed by atoms with Gasteiger partial charge in [0.2, 0.25) is 0 Å². The maximum Gasteiger partial charge on any atom is 0.393 e. The second-order valence-corrected chi connectivity index (χ2v) is 6.06. The van der Waals surface area contributed by atoms with Crippen LogP contribution in [0.1, 0.15) is 5.56 Å². The molecule has 1 atom stereocenters. The molecule has 0 aromatic heterocycles. The summed E-state index contributed by atoms with van der Waals surface area (Å²) in [6.07, 6.45) is -3.52. The molecule has 1 N–H and O–H groups in total. The van der Waals surface area contributed by atoms with Crippen LogP contribution in [0.15, 0.2) is 30.3 Å². The average Bonchev–Trinajstić information content (AvgIpc) is 2.02. The van der Waals surface area contributed by atoms with E-state index in [-0.39, 0.29) is 6.61 Å². The zero-order valence-electron chi connectivity index (χ0n) is 6.18. The summed E-state index contributed by atoms with van der Waals surface area (Å²) < 4.78 is 15.3. The van der Waals surface area contributed by atoms with Crippen LogP contribution in [0, 0.1) is 0 Å². The van der Waals surface area contributed by atoms with E-state index >= 15 is 0 Å². The molecule has 0 heterocycles. The van der Waals surface area contributed by atoms with E-state index < -0.39 is 6.30 Å². The fraction of sp³-hybridized carbons (Fsp3) is 0.143. The number of benzene rings is 1. The highest BCUT2D eigenvalue weighted by Gasteiger charge is 2.12. The second kappa shape index (κ2) is 4.19. The first kappa shape index (κ1) is 9.93. The van der Waals surface area contributed by atoms with Gasteiger partial charge < -0.3 is 4.89 Å². The van der Waals surface area contributed by atoms with Crippen LogP contribution in [0.5, 0.6) is 0 Å². The van der Waals surface area contributed by atoms with Crippen LogP contribution in [-0.2, 0) is 15.7 Å². The molecule has 0 radical (unpaired) electrons. The molecule has 66 valence electrons. The number of rotatable bonds is 3. The molecule has 1 aromatic carbocycles. The van der Waals surface area contributed by atoms with E-state index in [4.69, 9.17) is 4.89 Å². The Morgan fingerprint density at radius 3 is 2.50 bits per heavy atom. The molecule has 1 aromatic rings. The molecular formula is C7H8BrO3P. The van der Waals surface area contributed by atoms with Gasteiger partial charge in [-0.1, -0.05) is 30.3 Å². The van der Waals surface area contributed by atoms with E-state index in [1.54, 1.807) is 0 Å². The lowest BCUT2D eigenvalue weighted by Crippen LogP contribution is -1.86. The van der Waals surface area contributed by atoms with Crippen LogP contribution in [-0.4, -0.2) is 4.89 Å². The first-order valence-corrected chi connectivity index (χ1v) is 6.88. The molecule has 1 unspecified atom stereocenters. The Bertz CT molecular complexity index is 282. The van der Waals surface area contributed by atoms with E-state index in [1.165, 1.54) is 0 Å². The van der Waals surface area contributed by atoms with Crippen molar-refractivity contribution < 1.29 is 14.0 Å². The van der Waals surface area contributed by atoms with Crippen LogP contribution in [0.4, 0.5) is 0 Å². The third-order valence-corrected chi connectivity index (χ3v) is 2.30. The molecule has 0 bridgehead atoms. The molecule has 0 aliphatic heterocycles. The second-order valence-electron chi connectivity index (χ2n) is 2.21. The van der Waals surface area contributed by atoms with Crippen LogP contribution in [0.2, 0.25) is 0 Å². The maximum absolute atomic E-state index is 10.6. The van der Waals surface area contributed by atoms with Crippen molar-refractivity contribution in [2.75, 3.05) is 0 Å². The summed E-state index contributed by atoms with van der Waals surface area (Å²) in [6.45, 7) is 0.139. The molecule has 3 nitrogen and oxygen atoms in total. The van der Waals surface area contributed by atoms with Gasteiger partial charge in [-0.3, -0.25) is 4.52 Å². The van der Waals surface area contributed by atoms with Crippen LogP contribution >= 0.6 is 21.8 Å². The standard InChI is InChI=1S/C7H8BrO3P/c8-12(9,10)11-6-7-4-2-1-3-5-7/h1-5H,6H2,(H,9,10). The fourth-order valence-electron chi connectivity index (χ4n) is 0.728. The van der Waals surface area contributed by atoms with Crippen molar-refractivity contribution in [3.63, 3.8) is 0 Å². The summed E-state index contributed by atoms with van der Waals surface area (Å²) in [7, 11) is 0. The summed E-state index contributed by atoms with van der Waals surface area (Å²) in [5.74, 6) is 0. The van der Waals surface area contributed by atoms with Gasteiger partial charge in [0, 0.05) is 15.5 Å². The minimum Gasteiger partial charge on any atom is -0.316 e. The Balaban J connectivity index is 2.50. The van der Waals surface area contributed by atoms with Crippen molar-refractivity contribution in [1.82, 2.24) is 0 Å². The molecule has 12 heavy (non-hydrogen) atoms. The van der Waals surface area contributed by atoms with Gasteiger partial charge in [0.15, 0.2) is 0 Å². The van der Waals surface area contributed by atoms with E-state index in [2.05, 4.69) is 20.0 Å². The lowest BCUT2D eigenvalue weighted by molar-refractivity contribution is 0.267. The van der Waals surface area contributed by atoms with Gasteiger partial charge in [-0.15, -0.1) is 0 Å². The van der Waals surface area contributed by atoms with Gasteiger partial charge in [0.25, 0.3) is 0 Å². The summed E-state index contributed by atoms with van der Waals surface area (Å²) >= 11 is 2.52. The fourth-order valence-corrected chi connectivity index (χ4v) is 1.34. The summed E-state index contributed by atoms with van der Waals surface area (Å²) in [4.78, 5) is 8.73. The van der Waals surface area contributed by atoms with Gasteiger partial charge in [-0.05, 0) is 5.56 Å². The van der Waals surface area contributed by atoms with Gasteiger partial charge >= 0.3 is 6.30 Å². The lowest BCUT2D eigenvalue weighted by Gasteiger charge is -2.04. The third-order valence-electron chi connectivity index (χ3n) is 1.23. The Morgan fingerprint density at radius 1 is 1.42 bits per heavy atom. The Kier molecular flexibility index (Phi) is 3.47. The van der Waals surface area contributed by atoms with E-state index in [9.17, 15) is 4.57 Å². The predicted octanol–water partition coefficient (Wildman–Crippen LogP) is 2.70. The molecule has 0 aliphatic carbocycles. The summed E-state index contributed by atoms with van der Waals surface area (Å²) in [5, 5.41) is 0. The largest absolute Gasteiger partial charge is 0.393 e. The monoisotopic (exact) mass is 250 g/mol. The predicted molar refractivity (Wildman–Crippen MR) is 50.0 cm³/mol. The molecule has 1 rings (SSSR count). The average molecular weight is 251 g/mol. The van der Waals surface area contributed by atoms with Gasteiger partial charge in [-0.25, -0.2) is 4.57 Å². The number of halogens is 1. The van der Waals surface area contributed by atoms with Crippen molar-refractivity contribution in [2.24, 2.45) is 0 Å². The quantitative estimate of drug-likeness (QED) is 0.840. The van der Waals surface area contributed by atoms with E-state index in [1.807, 2.05) is 30.3 Å². The molecular weight excluding hydrogens is 243 g/mol. The molecule has 0 aliphatic rings. The third kappa shape index (κ3) is 4.02. The summed E-state index contributed by atoms with van der Waals surface area (Å²) in [6, 6.07) is 9.20. The van der Waals surface area contributed by atoms with Gasteiger partial charge in [0.1, 0.15) is 0 Å². The highest BCUT2D eigenvalue weighted by molar-refractivity contribution is 9.39. The highest BCUT2D eigenvalue weighted by atomic mass is 79.9. The van der Waals surface area contributed by atoms with Crippen LogP contribution < -0.4 is 0 Å². The highest BCUT2D eigenvalue weighted by Crippen LogP contribution is 2.50. The molecule has 0 amide bonds. The van der Waals surface area contributed by atoms with Crippen molar-refractivity contribution >= 4 is 21.8 Å². The molecule has 0 saturated heterocycles. The number of hydrogen-bond acceptors (Lipinski definition) is 2. The first-order valence-electron chi connectivity index (χ1n) is 3.29. The minimum absolute atomic E-state index is 0.139. The van der Waals surface area contributed by atoms with Crippen molar-refractivity contribution in [3.05, 3.63) is 35.9 Å². The van der Waals surface area contributed by atoms with Crippen molar-refractivity contribution in [2.45, 2.75) is 6.61 Å². The summed E-state index contributed by atoms with van der Waals surface area (Å²) in [5.41, 5.74) is 0.867. The first-order chi connectivity index (χ1) is 5.58. The van der Waals surface area contributed by atoms with Crippen LogP contribution in [0.3, 0.4) is 0 Å². The van der Waals surface area contributed by atoms with Crippen LogP contribution in [0.25, 0.3) is 0 Å². The zero-order chi connectivity index (χ0) is 9.03. The molecule has 5 heteroatoms. The van der Waals surface area contributed by atoms with E-state index in [0.717, 1.165) is 5.56 Å². The zero-order valence-corrected chi connectivity index (χ0v) is 8.66.